The van der Waals surface area contributed by atoms with Gasteiger partial charge < -0.3 is 15.2 Å². The number of rotatable bonds is 5. The van der Waals surface area contributed by atoms with Gasteiger partial charge in [-0.3, -0.25) is 0 Å². The first-order chi connectivity index (χ1) is 8.99. The van der Waals surface area contributed by atoms with Gasteiger partial charge in [-0.2, -0.15) is 8.78 Å². The van der Waals surface area contributed by atoms with Gasteiger partial charge in [0.25, 0.3) is 0 Å². The van der Waals surface area contributed by atoms with Gasteiger partial charge in [-0.15, -0.1) is 0 Å². The summed E-state index contributed by atoms with van der Waals surface area (Å²) < 4.78 is 30.3. The highest BCUT2D eigenvalue weighted by Crippen LogP contribution is 2.30. The number of nitrogens with one attached hydrogen (secondary N) is 1. The summed E-state index contributed by atoms with van der Waals surface area (Å²) in [6.07, 6.45) is -2.18. The van der Waals surface area contributed by atoms with E-state index in [1.54, 1.807) is 24.3 Å². The SMILES string of the molecule is O=C1OC(CNCC(O)c2ccccc2)CC1(F)F. The van der Waals surface area contributed by atoms with Crippen LogP contribution in [0.4, 0.5) is 8.78 Å². The van der Waals surface area contributed by atoms with Crippen LogP contribution in [-0.4, -0.2) is 36.2 Å². The molecule has 2 atom stereocenters. The lowest BCUT2D eigenvalue weighted by Gasteiger charge is -2.14. The number of carbonyl (C=O) groups excluding carboxylic acids is 1. The third kappa shape index (κ3) is 3.48. The lowest BCUT2D eigenvalue weighted by Crippen LogP contribution is -2.30. The Morgan fingerprint density at radius 2 is 2.11 bits per heavy atom. The van der Waals surface area contributed by atoms with Crippen molar-refractivity contribution in [2.75, 3.05) is 13.1 Å². The summed E-state index contributed by atoms with van der Waals surface area (Å²) in [7, 11) is 0. The molecular formula is C13H15F2NO3. The summed E-state index contributed by atoms with van der Waals surface area (Å²) in [5.41, 5.74) is 0.740. The van der Waals surface area contributed by atoms with Crippen LogP contribution < -0.4 is 5.32 Å². The Labute approximate surface area is 109 Å². The number of alkyl halides is 2. The van der Waals surface area contributed by atoms with Gasteiger partial charge in [-0.05, 0) is 5.56 Å². The highest BCUT2D eigenvalue weighted by molar-refractivity contribution is 5.79. The van der Waals surface area contributed by atoms with Crippen LogP contribution in [0.15, 0.2) is 30.3 Å². The molecule has 0 saturated carbocycles. The summed E-state index contributed by atoms with van der Waals surface area (Å²) in [4.78, 5) is 10.8. The maximum atomic E-state index is 12.9. The largest absolute Gasteiger partial charge is 0.456 e. The van der Waals surface area contributed by atoms with Crippen molar-refractivity contribution in [3.8, 4) is 0 Å². The van der Waals surface area contributed by atoms with Crippen molar-refractivity contribution >= 4 is 5.97 Å². The fraction of sp³-hybridized carbons (Fsp3) is 0.462. The van der Waals surface area contributed by atoms with E-state index in [9.17, 15) is 18.7 Å². The van der Waals surface area contributed by atoms with Gasteiger partial charge in [0, 0.05) is 13.1 Å². The number of aliphatic hydroxyl groups excluding tert-OH is 1. The predicted octanol–water partition coefficient (Wildman–Crippen LogP) is 1.26. The lowest BCUT2D eigenvalue weighted by atomic mass is 10.1. The maximum absolute atomic E-state index is 12.9. The van der Waals surface area contributed by atoms with E-state index >= 15 is 0 Å². The minimum atomic E-state index is -3.38. The summed E-state index contributed by atoms with van der Waals surface area (Å²) in [6.45, 7) is 0.314. The van der Waals surface area contributed by atoms with E-state index in [2.05, 4.69) is 10.1 Å². The quantitative estimate of drug-likeness (QED) is 0.792. The maximum Gasteiger partial charge on any atom is 0.377 e. The highest BCUT2D eigenvalue weighted by Gasteiger charge is 2.50. The molecule has 104 valence electrons. The van der Waals surface area contributed by atoms with Gasteiger partial charge in [0.05, 0.1) is 12.5 Å². The van der Waals surface area contributed by atoms with Crippen LogP contribution in [0.2, 0.25) is 0 Å². The van der Waals surface area contributed by atoms with Crippen molar-refractivity contribution in [3.05, 3.63) is 35.9 Å². The average molecular weight is 271 g/mol. The molecule has 0 radical (unpaired) electrons. The fourth-order valence-corrected chi connectivity index (χ4v) is 1.94. The van der Waals surface area contributed by atoms with Crippen LogP contribution in [0.3, 0.4) is 0 Å². The molecule has 1 aliphatic rings. The van der Waals surface area contributed by atoms with Crippen LogP contribution in [0.25, 0.3) is 0 Å². The molecule has 1 aliphatic heterocycles. The molecule has 0 spiro atoms. The molecule has 4 nitrogen and oxygen atoms in total. The molecule has 0 bridgehead atoms. The Kier molecular flexibility index (Phi) is 4.11. The Morgan fingerprint density at radius 3 is 2.68 bits per heavy atom. The molecule has 6 heteroatoms. The zero-order valence-corrected chi connectivity index (χ0v) is 10.2. The van der Waals surface area contributed by atoms with Crippen LogP contribution in [0, 0.1) is 0 Å². The zero-order valence-electron chi connectivity index (χ0n) is 10.2. The first kappa shape index (κ1) is 13.9. The van der Waals surface area contributed by atoms with Crippen LogP contribution in [-0.2, 0) is 9.53 Å². The van der Waals surface area contributed by atoms with Gasteiger partial charge in [-0.1, -0.05) is 30.3 Å². The van der Waals surface area contributed by atoms with E-state index in [4.69, 9.17) is 0 Å². The summed E-state index contributed by atoms with van der Waals surface area (Å²) >= 11 is 0. The van der Waals surface area contributed by atoms with Gasteiger partial charge >= 0.3 is 11.9 Å². The topological polar surface area (TPSA) is 58.6 Å². The van der Waals surface area contributed by atoms with Crippen molar-refractivity contribution in [1.82, 2.24) is 5.32 Å². The number of aliphatic hydroxyl groups is 1. The minimum absolute atomic E-state index is 0.102. The van der Waals surface area contributed by atoms with E-state index in [-0.39, 0.29) is 13.1 Å². The number of hydrogen-bond donors (Lipinski definition) is 2. The number of ether oxygens (including phenoxy) is 1. The highest BCUT2D eigenvalue weighted by atomic mass is 19.3. The minimum Gasteiger partial charge on any atom is -0.456 e. The third-order valence-corrected chi connectivity index (χ3v) is 2.95. The lowest BCUT2D eigenvalue weighted by molar-refractivity contribution is -0.159. The number of carbonyl (C=O) groups is 1. The van der Waals surface area contributed by atoms with Crippen molar-refractivity contribution < 1.29 is 23.4 Å². The van der Waals surface area contributed by atoms with E-state index in [0.29, 0.717) is 0 Å². The molecule has 0 amide bonds. The van der Waals surface area contributed by atoms with Gasteiger partial charge in [-0.25, -0.2) is 4.79 Å². The second kappa shape index (κ2) is 5.63. The standard InChI is InChI=1S/C13H15F2NO3/c14-13(15)6-10(19-12(13)18)7-16-8-11(17)9-4-2-1-3-5-9/h1-5,10-11,16-17H,6-8H2. The molecule has 1 aromatic rings. The number of esters is 1. The Morgan fingerprint density at radius 1 is 1.42 bits per heavy atom. The second-order valence-electron chi connectivity index (χ2n) is 4.52. The van der Waals surface area contributed by atoms with Crippen molar-refractivity contribution in [3.63, 3.8) is 0 Å². The zero-order chi connectivity index (χ0) is 13.9. The monoisotopic (exact) mass is 271 g/mol. The van der Waals surface area contributed by atoms with E-state index in [1.807, 2.05) is 6.07 Å². The van der Waals surface area contributed by atoms with Crippen LogP contribution in [0.5, 0.6) is 0 Å². The molecule has 0 aliphatic carbocycles. The van der Waals surface area contributed by atoms with Crippen molar-refractivity contribution in [2.45, 2.75) is 24.6 Å². The summed E-state index contributed by atoms with van der Waals surface area (Å²) in [6, 6.07) is 8.99. The van der Waals surface area contributed by atoms with E-state index in [0.717, 1.165) is 5.56 Å². The number of halogens is 2. The van der Waals surface area contributed by atoms with Crippen LogP contribution in [0.1, 0.15) is 18.1 Å². The predicted molar refractivity (Wildman–Crippen MR) is 63.7 cm³/mol. The fourth-order valence-electron chi connectivity index (χ4n) is 1.94. The Balaban J connectivity index is 1.75. The third-order valence-electron chi connectivity index (χ3n) is 2.95. The van der Waals surface area contributed by atoms with Gasteiger partial charge in [0.15, 0.2) is 0 Å². The van der Waals surface area contributed by atoms with Crippen molar-refractivity contribution in [1.29, 1.82) is 0 Å². The molecule has 2 rings (SSSR count). The molecule has 1 saturated heterocycles. The van der Waals surface area contributed by atoms with Gasteiger partial charge in [0.2, 0.25) is 0 Å². The van der Waals surface area contributed by atoms with E-state index < -0.39 is 30.5 Å². The smallest absolute Gasteiger partial charge is 0.377 e. The Hall–Kier alpha value is -1.53. The molecule has 0 aromatic heterocycles. The average Bonchev–Trinajstić information content (AvgIpc) is 2.64. The summed E-state index contributed by atoms with van der Waals surface area (Å²) in [5, 5.41) is 12.7. The molecule has 1 aromatic carbocycles. The molecular weight excluding hydrogens is 256 g/mol. The number of benzene rings is 1. The summed E-state index contributed by atoms with van der Waals surface area (Å²) in [5.74, 6) is -4.85. The van der Waals surface area contributed by atoms with E-state index in [1.165, 1.54) is 0 Å². The second-order valence-corrected chi connectivity index (χ2v) is 4.52. The van der Waals surface area contributed by atoms with Crippen LogP contribution >= 0.6 is 0 Å². The van der Waals surface area contributed by atoms with Gasteiger partial charge in [0.1, 0.15) is 6.10 Å². The molecule has 1 heterocycles. The Bertz CT molecular complexity index is 439. The van der Waals surface area contributed by atoms with Crippen molar-refractivity contribution in [2.24, 2.45) is 0 Å². The first-order valence-corrected chi connectivity index (χ1v) is 6.01. The first-order valence-electron chi connectivity index (χ1n) is 6.01. The number of cyclic esters (lactones) is 1. The molecule has 1 fully saturated rings. The molecule has 2 N–H and O–H groups in total. The number of hydrogen-bond acceptors (Lipinski definition) is 4. The normalized spacial score (nSPS) is 23.1. The molecule has 19 heavy (non-hydrogen) atoms. The molecule has 2 unspecified atom stereocenters.